The molecule has 0 aromatic carbocycles. The molecule has 24 heavy (non-hydrogen) atoms. The van der Waals surface area contributed by atoms with Gasteiger partial charge in [0, 0.05) is 30.6 Å². The van der Waals surface area contributed by atoms with Crippen molar-refractivity contribution >= 4 is 46.9 Å². The molecule has 2 amide bonds. The SMILES string of the molecule is CSC1C(=O)N2C(C(=O)ONC(C)=O)=C(c3ccncc3)CS[C@@H]12. The van der Waals surface area contributed by atoms with Crippen LogP contribution in [-0.2, 0) is 19.2 Å². The Hall–Kier alpha value is -2.00. The van der Waals surface area contributed by atoms with Gasteiger partial charge in [0.15, 0.2) is 0 Å². The van der Waals surface area contributed by atoms with Crippen molar-refractivity contribution < 1.29 is 19.2 Å². The third kappa shape index (κ3) is 2.89. The number of nitrogens with one attached hydrogen (secondary N) is 1. The summed E-state index contributed by atoms with van der Waals surface area (Å²) in [5.74, 6) is -0.788. The molecule has 2 atom stereocenters. The van der Waals surface area contributed by atoms with Gasteiger partial charge >= 0.3 is 5.97 Å². The van der Waals surface area contributed by atoms with E-state index in [9.17, 15) is 14.4 Å². The van der Waals surface area contributed by atoms with Crippen molar-refractivity contribution in [2.24, 2.45) is 0 Å². The van der Waals surface area contributed by atoms with Crippen LogP contribution in [0.4, 0.5) is 0 Å². The van der Waals surface area contributed by atoms with Gasteiger partial charge in [-0.25, -0.2) is 4.79 Å². The van der Waals surface area contributed by atoms with E-state index in [4.69, 9.17) is 4.84 Å². The lowest BCUT2D eigenvalue weighted by Crippen LogP contribution is -2.63. The van der Waals surface area contributed by atoms with Gasteiger partial charge in [-0.05, 0) is 24.0 Å². The molecule has 1 N–H and O–H groups in total. The van der Waals surface area contributed by atoms with Crippen LogP contribution in [-0.4, -0.2) is 50.3 Å². The van der Waals surface area contributed by atoms with Crippen LogP contribution >= 0.6 is 23.5 Å². The maximum absolute atomic E-state index is 12.5. The van der Waals surface area contributed by atoms with Crippen LogP contribution in [0.1, 0.15) is 12.5 Å². The number of hydroxylamine groups is 1. The van der Waals surface area contributed by atoms with E-state index in [1.807, 2.05) is 11.7 Å². The topological polar surface area (TPSA) is 88.6 Å². The second-order valence-electron chi connectivity index (χ2n) is 5.18. The van der Waals surface area contributed by atoms with Crippen LogP contribution in [0.15, 0.2) is 30.2 Å². The first-order valence-electron chi connectivity index (χ1n) is 7.13. The van der Waals surface area contributed by atoms with E-state index < -0.39 is 11.9 Å². The number of rotatable bonds is 3. The summed E-state index contributed by atoms with van der Waals surface area (Å²) in [5.41, 5.74) is 3.71. The summed E-state index contributed by atoms with van der Waals surface area (Å²) in [6, 6.07) is 3.55. The summed E-state index contributed by atoms with van der Waals surface area (Å²) in [4.78, 5) is 46.2. The van der Waals surface area contributed by atoms with E-state index in [2.05, 4.69) is 4.98 Å². The van der Waals surface area contributed by atoms with Gasteiger partial charge in [0.05, 0.1) is 0 Å². The highest BCUT2D eigenvalue weighted by molar-refractivity contribution is 8.04. The number of amides is 2. The van der Waals surface area contributed by atoms with Crippen LogP contribution in [0.3, 0.4) is 0 Å². The second-order valence-corrected chi connectivity index (χ2v) is 7.26. The van der Waals surface area contributed by atoms with Crippen LogP contribution in [0.5, 0.6) is 0 Å². The van der Waals surface area contributed by atoms with Crippen molar-refractivity contribution in [3.05, 3.63) is 35.8 Å². The van der Waals surface area contributed by atoms with E-state index in [0.29, 0.717) is 11.3 Å². The first-order valence-corrected chi connectivity index (χ1v) is 9.47. The average Bonchev–Trinajstić information content (AvgIpc) is 2.59. The van der Waals surface area contributed by atoms with Crippen molar-refractivity contribution in [3.8, 4) is 0 Å². The summed E-state index contributed by atoms with van der Waals surface area (Å²) < 4.78 is 0. The van der Waals surface area contributed by atoms with Crippen molar-refractivity contribution in [1.82, 2.24) is 15.4 Å². The number of nitrogens with zero attached hydrogens (tertiary/aromatic N) is 2. The summed E-state index contributed by atoms with van der Waals surface area (Å²) in [7, 11) is 0. The molecule has 1 fully saturated rings. The fourth-order valence-electron chi connectivity index (χ4n) is 2.60. The number of carbonyl (C=O) groups excluding carboxylic acids is 3. The molecule has 0 aliphatic carbocycles. The minimum atomic E-state index is -0.741. The van der Waals surface area contributed by atoms with Gasteiger partial charge in [-0.15, -0.1) is 23.5 Å². The number of β-lactam (4-membered cyclic amide) rings is 1. The third-order valence-corrected chi connectivity index (χ3v) is 6.10. The van der Waals surface area contributed by atoms with Gasteiger partial charge in [-0.2, -0.15) is 5.48 Å². The third-order valence-electron chi connectivity index (χ3n) is 3.68. The van der Waals surface area contributed by atoms with Gasteiger partial charge in [-0.1, -0.05) is 0 Å². The zero-order valence-corrected chi connectivity index (χ0v) is 14.6. The molecule has 0 spiro atoms. The molecule has 0 bridgehead atoms. The maximum Gasteiger partial charge on any atom is 0.379 e. The average molecular weight is 365 g/mol. The largest absolute Gasteiger partial charge is 0.379 e. The number of aromatic nitrogens is 1. The van der Waals surface area contributed by atoms with Gasteiger partial charge in [0.2, 0.25) is 11.8 Å². The molecule has 3 heterocycles. The summed E-state index contributed by atoms with van der Waals surface area (Å²) >= 11 is 3.08. The van der Waals surface area contributed by atoms with Crippen LogP contribution in [0.2, 0.25) is 0 Å². The smallest absolute Gasteiger partial charge is 0.334 e. The molecule has 126 valence electrons. The van der Waals surface area contributed by atoms with Gasteiger partial charge < -0.3 is 4.84 Å². The van der Waals surface area contributed by atoms with E-state index >= 15 is 0 Å². The number of pyridine rings is 1. The minimum Gasteiger partial charge on any atom is -0.334 e. The van der Waals surface area contributed by atoms with Crippen LogP contribution in [0.25, 0.3) is 5.57 Å². The van der Waals surface area contributed by atoms with Crippen LogP contribution < -0.4 is 5.48 Å². The van der Waals surface area contributed by atoms with Gasteiger partial charge in [0.1, 0.15) is 16.3 Å². The lowest BCUT2D eigenvalue weighted by atomic mass is 10.0. The highest BCUT2D eigenvalue weighted by atomic mass is 32.2. The zero-order valence-electron chi connectivity index (χ0n) is 13.0. The van der Waals surface area contributed by atoms with E-state index in [1.54, 1.807) is 36.3 Å². The number of hydrogen-bond donors (Lipinski definition) is 1. The molecule has 1 aromatic heterocycles. The first-order chi connectivity index (χ1) is 11.5. The number of carbonyl (C=O) groups is 3. The maximum atomic E-state index is 12.5. The Morgan fingerprint density at radius 1 is 1.42 bits per heavy atom. The second kappa shape index (κ2) is 6.86. The van der Waals surface area contributed by atoms with Gasteiger partial charge in [-0.3, -0.25) is 19.5 Å². The highest BCUT2D eigenvalue weighted by Gasteiger charge is 2.53. The van der Waals surface area contributed by atoms with Gasteiger partial charge in [0.25, 0.3) is 0 Å². The van der Waals surface area contributed by atoms with E-state index in [0.717, 1.165) is 5.56 Å². The predicted octanol–water partition coefficient (Wildman–Crippen LogP) is 1.03. The molecular weight excluding hydrogens is 350 g/mol. The molecule has 1 aromatic rings. The lowest BCUT2D eigenvalue weighted by Gasteiger charge is -2.49. The molecule has 1 saturated heterocycles. The number of thioether (sulfide) groups is 2. The number of fused-ring (bicyclic) bond motifs is 1. The fourth-order valence-corrected chi connectivity index (χ4v) is 5.13. The molecule has 2 aliphatic heterocycles. The molecule has 0 saturated carbocycles. The Bertz CT molecular complexity index is 723. The molecule has 2 aliphatic rings. The zero-order chi connectivity index (χ0) is 17.3. The predicted molar refractivity (Wildman–Crippen MR) is 91.5 cm³/mol. The normalized spacial score (nSPS) is 22.6. The molecule has 1 unspecified atom stereocenters. The summed E-state index contributed by atoms with van der Waals surface area (Å²) in [5, 5.41) is -0.268. The Kier molecular flexibility index (Phi) is 4.81. The van der Waals surface area contributed by atoms with Crippen molar-refractivity contribution in [2.45, 2.75) is 17.5 Å². The Labute approximate surface area is 147 Å². The summed E-state index contributed by atoms with van der Waals surface area (Å²) in [6.07, 6.45) is 5.12. The Balaban J connectivity index is 1.99. The molecule has 3 rings (SSSR count). The van der Waals surface area contributed by atoms with Crippen molar-refractivity contribution in [3.63, 3.8) is 0 Å². The molecule has 0 radical (unpaired) electrons. The Morgan fingerprint density at radius 3 is 2.75 bits per heavy atom. The fraction of sp³-hybridized carbons (Fsp3) is 0.333. The highest BCUT2D eigenvalue weighted by Crippen LogP contribution is 2.46. The van der Waals surface area contributed by atoms with Crippen molar-refractivity contribution in [1.29, 1.82) is 0 Å². The monoisotopic (exact) mass is 365 g/mol. The summed E-state index contributed by atoms with van der Waals surface area (Å²) in [6.45, 7) is 1.24. The lowest BCUT2D eigenvalue weighted by molar-refractivity contribution is -0.158. The first kappa shape index (κ1) is 16.8. The molecule has 9 heteroatoms. The quantitative estimate of drug-likeness (QED) is 0.632. The number of hydrogen-bond acceptors (Lipinski definition) is 7. The van der Waals surface area contributed by atoms with E-state index in [-0.39, 0.29) is 22.2 Å². The molecular formula is C15H15N3O4S2. The van der Waals surface area contributed by atoms with Crippen LogP contribution in [0, 0.1) is 0 Å². The van der Waals surface area contributed by atoms with E-state index in [1.165, 1.54) is 23.6 Å². The van der Waals surface area contributed by atoms with Crippen molar-refractivity contribution in [2.75, 3.05) is 12.0 Å². The minimum absolute atomic E-state index is 0.0991. The molecule has 7 nitrogen and oxygen atoms in total. The Morgan fingerprint density at radius 2 is 2.12 bits per heavy atom. The standard InChI is InChI=1S/C15H15N3O4S2/c1-8(19)17-22-15(21)11-10(9-3-5-16-6-4-9)7-24-14-12(23-2)13(20)18(11)14/h3-6,12,14H,7H2,1-2H3,(H,17,19)/t12?,14-/m0/s1.